The molecule has 0 aliphatic carbocycles. The van der Waals surface area contributed by atoms with Gasteiger partial charge in [-0.15, -0.1) is 12.4 Å². The van der Waals surface area contributed by atoms with E-state index in [0.717, 1.165) is 24.2 Å². The van der Waals surface area contributed by atoms with Crippen LogP contribution in [0.15, 0.2) is 84.9 Å². The molecule has 1 N–H and O–H groups in total. The third kappa shape index (κ3) is 4.36. The number of hydrogen-bond acceptors (Lipinski definition) is 3. The second-order valence-corrected chi connectivity index (χ2v) is 7.10. The summed E-state index contributed by atoms with van der Waals surface area (Å²) in [4.78, 5) is 2.26. The molecular weight excluding hydrogens is 389 g/mol. The second kappa shape index (κ2) is 9.51. The van der Waals surface area contributed by atoms with Gasteiger partial charge in [-0.3, -0.25) is 4.90 Å². The van der Waals surface area contributed by atoms with Gasteiger partial charge in [0.15, 0.2) is 0 Å². The van der Waals surface area contributed by atoms with E-state index >= 15 is 0 Å². The fourth-order valence-corrected chi connectivity index (χ4v) is 4.07. The Morgan fingerprint density at radius 3 is 1.90 bits per heavy atom. The number of rotatable bonds is 5. The van der Waals surface area contributed by atoms with Crippen molar-refractivity contribution in [1.29, 1.82) is 0 Å². The predicted molar refractivity (Wildman–Crippen MR) is 115 cm³/mol. The van der Waals surface area contributed by atoms with Crippen LogP contribution < -0.4 is 0 Å². The van der Waals surface area contributed by atoms with Gasteiger partial charge in [0.1, 0.15) is 11.4 Å². The molecule has 1 heterocycles. The van der Waals surface area contributed by atoms with Crippen LogP contribution >= 0.6 is 12.4 Å². The van der Waals surface area contributed by atoms with Gasteiger partial charge < -0.3 is 9.84 Å². The molecule has 0 aromatic heterocycles. The smallest absolute Gasteiger partial charge is 0.134 e. The van der Waals surface area contributed by atoms with E-state index in [1.807, 2.05) is 60.7 Å². The lowest BCUT2D eigenvalue weighted by Crippen LogP contribution is -2.49. The Hall–Kier alpha value is -2.24. The lowest BCUT2D eigenvalue weighted by molar-refractivity contribution is -0.0619. The van der Waals surface area contributed by atoms with Crippen molar-refractivity contribution in [2.75, 3.05) is 26.3 Å². The van der Waals surface area contributed by atoms with Crippen LogP contribution in [-0.4, -0.2) is 36.3 Å². The minimum atomic E-state index is -1.34. The summed E-state index contributed by atoms with van der Waals surface area (Å²) in [5.74, 6) is -0.318. The molecule has 29 heavy (non-hydrogen) atoms. The van der Waals surface area contributed by atoms with Crippen LogP contribution in [0, 0.1) is 5.82 Å². The molecule has 152 valence electrons. The quantitative estimate of drug-likeness (QED) is 0.665. The fourth-order valence-electron chi connectivity index (χ4n) is 4.07. The van der Waals surface area contributed by atoms with E-state index in [9.17, 15) is 9.50 Å². The topological polar surface area (TPSA) is 32.7 Å². The summed E-state index contributed by atoms with van der Waals surface area (Å²) in [5, 5.41) is 12.3. The van der Waals surface area contributed by atoms with Crippen LogP contribution in [0.3, 0.4) is 0 Å². The zero-order valence-corrected chi connectivity index (χ0v) is 16.9. The summed E-state index contributed by atoms with van der Waals surface area (Å²) in [6, 6.07) is 25.5. The van der Waals surface area contributed by atoms with E-state index in [4.69, 9.17) is 4.74 Å². The maximum Gasteiger partial charge on any atom is 0.134 e. The highest BCUT2D eigenvalue weighted by molar-refractivity contribution is 5.85. The first-order chi connectivity index (χ1) is 13.7. The number of nitrogens with zero attached hydrogens (tertiary/aromatic N) is 1. The molecule has 3 aromatic carbocycles. The number of ether oxygens (including phenoxy) is 1. The normalized spacial score (nSPS) is 17.7. The van der Waals surface area contributed by atoms with Crippen LogP contribution in [0.25, 0.3) is 0 Å². The first-order valence-corrected chi connectivity index (χ1v) is 9.60. The van der Waals surface area contributed by atoms with Crippen molar-refractivity contribution in [3.63, 3.8) is 0 Å². The minimum Gasteiger partial charge on any atom is -0.379 e. The molecule has 3 nitrogen and oxygen atoms in total. The zero-order valence-electron chi connectivity index (χ0n) is 16.1. The minimum absolute atomic E-state index is 0. The summed E-state index contributed by atoms with van der Waals surface area (Å²) in [6.45, 7) is 2.68. The number of aliphatic hydroxyl groups is 1. The van der Waals surface area contributed by atoms with Gasteiger partial charge >= 0.3 is 0 Å². The highest BCUT2D eigenvalue weighted by Gasteiger charge is 2.44. The first-order valence-electron chi connectivity index (χ1n) is 9.60. The Balaban J connectivity index is 0.00000240. The standard InChI is InChI=1S/C24H24FNO2.ClH/c25-22-13-11-21(12-14-22)24(27,20-9-5-2-6-10-20)23(19-7-3-1-4-8-19)26-15-17-28-18-16-26;/h1-14,23,27H,15-18H2;1H. The van der Waals surface area contributed by atoms with E-state index < -0.39 is 5.60 Å². The Labute approximate surface area is 177 Å². The Bertz CT molecular complexity index is 886. The first kappa shape index (κ1) is 21.5. The molecule has 1 fully saturated rings. The molecule has 3 aromatic rings. The monoisotopic (exact) mass is 413 g/mol. The average molecular weight is 414 g/mol. The molecule has 0 spiro atoms. The van der Waals surface area contributed by atoms with Gasteiger partial charge in [0.2, 0.25) is 0 Å². The lowest BCUT2D eigenvalue weighted by atomic mass is 9.76. The Morgan fingerprint density at radius 1 is 0.793 bits per heavy atom. The van der Waals surface area contributed by atoms with Gasteiger partial charge in [0.05, 0.1) is 19.3 Å². The Kier molecular flexibility index (Phi) is 7.04. The molecule has 1 aliphatic heterocycles. The highest BCUT2D eigenvalue weighted by atomic mass is 35.5. The van der Waals surface area contributed by atoms with Crippen LogP contribution in [0.5, 0.6) is 0 Å². The lowest BCUT2D eigenvalue weighted by Gasteiger charge is -2.45. The molecule has 0 bridgehead atoms. The van der Waals surface area contributed by atoms with E-state index in [0.29, 0.717) is 18.8 Å². The summed E-state index contributed by atoms with van der Waals surface area (Å²) in [5.41, 5.74) is 1.12. The van der Waals surface area contributed by atoms with Gasteiger partial charge in [-0.05, 0) is 28.8 Å². The highest BCUT2D eigenvalue weighted by Crippen LogP contribution is 2.44. The number of benzene rings is 3. The van der Waals surface area contributed by atoms with E-state index in [2.05, 4.69) is 4.90 Å². The molecule has 1 saturated heterocycles. The van der Waals surface area contributed by atoms with Gasteiger partial charge in [0, 0.05) is 13.1 Å². The van der Waals surface area contributed by atoms with Crippen LogP contribution in [0.2, 0.25) is 0 Å². The largest absolute Gasteiger partial charge is 0.379 e. The molecule has 4 rings (SSSR count). The van der Waals surface area contributed by atoms with Gasteiger partial charge in [0.25, 0.3) is 0 Å². The molecule has 0 saturated carbocycles. The molecule has 2 unspecified atom stereocenters. The van der Waals surface area contributed by atoms with E-state index in [1.54, 1.807) is 12.1 Å². The van der Waals surface area contributed by atoms with Gasteiger partial charge in [-0.25, -0.2) is 4.39 Å². The van der Waals surface area contributed by atoms with Crippen LogP contribution in [0.1, 0.15) is 22.7 Å². The molecule has 2 atom stereocenters. The van der Waals surface area contributed by atoms with Gasteiger partial charge in [-0.2, -0.15) is 0 Å². The molecule has 1 aliphatic rings. The van der Waals surface area contributed by atoms with E-state index in [1.165, 1.54) is 12.1 Å². The molecular formula is C24H25ClFNO2. The molecule has 5 heteroatoms. The maximum atomic E-state index is 13.6. The Morgan fingerprint density at radius 2 is 1.31 bits per heavy atom. The maximum absolute atomic E-state index is 13.6. The van der Waals surface area contributed by atoms with Crippen molar-refractivity contribution in [1.82, 2.24) is 4.90 Å². The predicted octanol–water partition coefficient (Wildman–Crippen LogP) is 4.56. The zero-order chi connectivity index (χ0) is 19.4. The van der Waals surface area contributed by atoms with Crippen LogP contribution in [-0.2, 0) is 10.3 Å². The average Bonchev–Trinajstić information content (AvgIpc) is 2.76. The van der Waals surface area contributed by atoms with Crippen molar-refractivity contribution < 1.29 is 14.2 Å². The van der Waals surface area contributed by atoms with E-state index in [-0.39, 0.29) is 24.3 Å². The molecule has 0 amide bonds. The van der Waals surface area contributed by atoms with Crippen LogP contribution in [0.4, 0.5) is 4.39 Å². The summed E-state index contributed by atoms with van der Waals surface area (Å²) in [7, 11) is 0. The van der Waals surface area contributed by atoms with Crippen molar-refractivity contribution in [3.05, 3.63) is 107 Å². The SMILES string of the molecule is Cl.OC(c1ccccc1)(c1ccc(F)cc1)C(c1ccccc1)N1CCOCC1. The number of hydrogen-bond donors (Lipinski definition) is 1. The summed E-state index contributed by atoms with van der Waals surface area (Å²) < 4.78 is 19.2. The van der Waals surface area contributed by atoms with Crippen molar-refractivity contribution >= 4 is 12.4 Å². The fraction of sp³-hybridized carbons (Fsp3) is 0.250. The summed E-state index contributed by atoms with van der Waals surface area (Å²) >= 11 is 0. The summed E-state index contributed by atoms with van der Waals surface area (Å²) in [6.07, 6.45) is 0. The van der Waals surface area contributed by atoms with Crippen molar-refractivity contribution in [2.45, 2.75) is 11.6 Å². The van der Waals surface area contributed by atoms with Gasteiger partial charge in [-0.1, -0.05) is 72.8 Å². The number of halogens is 2. The number of morpholine rings is 1. The van der Waals surface area contributed by atoms with Crippen molar-refractivity contribution in [3.8, 4) is 0 Å². The third-order valence-electron chi connectivity index (χ3n) is 5.42. The van der Waals surface area contributed by atoms with Crippen molar-refractivity contribution in [2.24, 2.45) is 0 Å². The molecule has 0 radical (unpaired) electrons. The third-order valence-corrected chi connectivity index (χ3v) is 5.42. The second-order valence-electron chi connectivity index (χ2n) is 7.10.